The molecule has 0 unspecified atom stereocenters. The Morgan fingerprint density at radius 2 is 1.96 bits per heavy atom. The summed E-state index contributed by atoms with van der Waals surface area (Å²) in [5, 5.41) is 0. The van der Waals surface area contributed by atoms with E-state index in [9.17, 15) is 0 Å². The highest BCUT2D eigenvalue weighted by molar-refractivity contribution is 9.10. The lowest BCUT2D eigenvalue weighted by molar-refractivity contribution is 1.03. The fourth-order valence-electron chi connectivity index (χ4n) is 3.28. The Morgan fingerprint density at radius 1 is 1.11 bits per heavy atom. The Kier molecular flexibility index (Phi) is 5.98. The maximum atomic E-state index is 4.50. The number of fused-ring (bicyclic) bond motifs is 2. The second-order valence-electron chi connectivity index (χ2n) is 6.43. The van der Waals surface area contributed by atoms with Gasteiger partial charge >= 0.3 is 0 Å². The molecule has 0 saturated heterocycles. The number of aliphatic imine (C=N–C) groups is 1. The number of aryl methyl sites for hydroxylation is 1. The first-order valence-electron chi connectivity index (χ1n) is 8.59. The van der Waals surface area contributed by atoms with Crippen molar-refractivity contribution < 1.29 is 0 Å². The molecule has 0 N–H and O–H groups in total. The molecule has 2 nitrogen and oxygen atoms in total. The molecule has 2 aliphatic heterocycles. The van der Waals surface area contributed by atoms with E-state index in [4.69, 9.17) is 0 Å². The molecular formula is C23H20Br2N2. The van der Waals surface area contributed by atoms with Gasteiger partial charge in [0.05, 0.1) is 5.69 Å². The van der Waals surface area contributed by atoms with Crippen molar-refractivity contribution in [3.8, 4) is 0 Å². The molecule has 0 fully saturated rings. The van der Waals surface area contributed by atoms with Gasteiger partial charge in [-0.25, -0.2) is 0 Å². The van der Waals surface area contributed by atoms with Crippen molar-refractivity contribution in [3.05, 3.63) is 94.1 Å². The van der Waals surface area contributed by atoms with Crippen LogP contribution in [-0.2, 0) is 0 Å². The summed E-state index contributed by atoms with van der Waals surface area (Å²) in [6.45, 7) is 6.82. The Balaban J connectivity index is 0.00000210. The zero-order valence-electron chi connectivity index (χ0n) is 15.0. The minimum Gasteiger partial charge on any atom is -0.337 e. The average molecular weight is 484 g/mol. The van der Waals surface area contributed by atoms with E-state index in [-0.39, 0.29) is 17.0 Å². The van der Waals surface area contributed by atoms with Crippen LogP contribution in [0.1, 0.15) is 16.7 Å². The number of anilines is 1. The Labute approximate surface area is 179 Å². The Morgan fingerprint density at radius 3 is 2.78 bits per heavy atom. The third-order valence-electron chi connectivity index (χ3n) is 4.58. The largest absolute Gasteiger partial charge is 0.337 e. The lowest BCUT2D eigenvalue weighted by Gasteiger charge is -2.29. The third-order valence-corrected chi connectivity index (χ3v) is 5.07. The van der Waals surface area contributed by atoms with E-state index < -0.39 is 0 Å². The molecule has 136 valence electrons. The molecular weight excluding hydrogens is 464 g/mol. The summed E-state index contributed by atoms with van der Waals surface area (Å²) in [5.41, 5.74) is 8.15. The molecule has 2 heterocycles. The predicted octanol–water partition coefficient (Wildman–Crippen LogP) is 7.04. The number of halogens is 2. The van der Waals surface area contributed by atoms with E-state index in [2.05, 4.69) is 87.9 Å². The summed E-state index contributed by atoms with van der Waals surface area (Å²) in [6.07, 6.45) is 12.5. The molecule has 0 saturated carbocycles. The van der Waals surface area contributed by atoms with Crippen LogP contribution in [0.5, 0.6) is 0 Å². The quantitative estimate of drug-likeness (QED) is 0.427. The first-order valence-corrected chi connectivity index (χ1v) is 9.38. The van der Waals surface area contributed by atoms with Gasteiger partial charge in [0.25, 0.3) is 0 Å². The summed E-state index contributed by atoms with van der Waals surface area (Å²) in [4.78, 5) is 6.79. The molecule has 4 heteroatoms. The van der Waals surface area contributed by atoms with Crippen LogP contribution in [0.15, 0.2) is 82.4 Å². The molecule has 4 rings (SSSR count). The maximum absolute atomic E-state index is 4.50. The molecule has 2 aromatic carbocycles. The standard InChI is InChI=1S/C23H19BrN2.BrH/c1-3-12-26-20(9-6-17-5-4-16(2)13-23(17)26)10-7-18-15-25-22-11-8-19(24)14-21(18)22;/h3-11,13-15H,1,12H2,2H3;1H/b18-7-,20-10-;. The van der Waals surface area contributed by atoms with Crippen LogP contribution in [-0.4, -0.2) is 12.8 Å². The van der Waals surface area contributed by atoms with Crippen molar-refractivity contribution in [2.24, 2.45) is 4.99 Å². The number of hydrogen-bond donors (Lipinski definition) is 0. The van der Waals surface area contributed by atoms with Gasteiger partial charge in [-0.3, -0.25) is 4.99 Å². The molecule has 0 aromatic heterocycles. The average Bonchev–Trinajstić information content (AvgIpc) is 3.03. The zero-order valence-corrected chi connectivity index (χ0v) is 18.3. The molecule has 0 bridgehead atoms. The van der Waals surface area contributed by atoms with Gasteiger partial charge in [-0.1, -0.05) is 46.3 Å². The number of rotatable bonds is 3. The second kappa shape index (κ2) is 8.24. The van der Waals surface area contributed by atoms with Crippen LogP contribution in [0.4, 0.5) is 11.4 Å². The fraction of sp³-hybridized carbons (Fsp3) is 0.0870. The molecule has 0 aliphatic carbocycles. The monoisotopic (exact) mass is 482 g/mol. The van der Waals surface area contributed by atoms with Crippen molar-refractivity contribution in [2.45, 2.75) is 6.92 Å². The normalized spacial score (nSPS) is 17.0. The van der Waals surface area contributed by atoms with Gasteiger partial charge in [0, 0.05) is 39.8 Å². The van der Waals surface area contributed by atoms with E-state index >= 15 is 0 Å². The van der Waals surface area contributed by atoms with E-state index in [0.717, 1.165) is 33.5 Å². The minimum absolute atomic E-state index is 0. The highest BCUT2D eigenvalue weighted by Gasteiger charge is 2.17. The van der Waals surface area contributed by atoms with Gasteiger partial charge in [-0.05, 0) is 54.5 Å². The van der Waals surface area contributed by atoms with Crippen molar-refractivity contribution >= 4 is 62.1 Å². The molecule has 2 aliphatic rings. The zero-order chi connectivity index (χ0) is 18.1. The highest BCUT2D eigenvalue weighted by atomic mass is 79.9. The van der Waals surface area contributed by atoms with Gasteiger partial charge in [-0.2, -0.15) is 0 Å². The van der Waals surface area contributed by atoms with Gasteiger partial charge in [0.2, 0.25) is 0 Å². The first-order chi connectivity index (χ1) is 12.7. The first kappa shape index (κ1) is 19.6. The lowest BCUT2D eigenvalue weighted by atomic mass is 10.0. The van der Waals surface area contributed by atoms with Crippen molar-refractivity contribution in [1.29, 1.82) is 0 Å². The van der Waals surface area contributed by atoms with Gasteiger partial charge in [0.1, 0.15) is 0 Å². The Hall–Kier alpha value is -2.17. The van der Waals surface area contributed by atoms with E-state index in [1.54, 1.807) is 0 Å². The molecule has 0 amide bonds. The van der Waals surface area contributed by atoms with Crippen molar-refractivity contribution in [2.75, 3.05) is 11.4 Å². The molecule has 0 spiro atoms. The predicted molar refractivity (Wildman–Crippen MR) is 126 cm³/mol. The molecule has 0 atom stereocenters. The molecule has 0 radical (unpaired) electrons. The lowest BCUT2D eigenvalue weighted by Crippen LogP contribution is -2.24. The van der Waals surface area contributed by atoms with Gasteiger partial charge in [-0.15, -0.1) is 23.6 Å². The number of nitrogens with zero attached hydrogens (tertiary/aromatic N) is 2. The topological polar surface area (TPSA) is 15.6 Å². The third kappa shape index (κ3) is 3.92. The van der Waals surface area contributed by atoms with Gasteiger partial charge < -0.3 is 4.90 Å². The summed E-state index contributed by atoms with van der Waals surface area (Å²) in [6, 6.07) is 12.7. The summed E-state index contributed by atoms with van der Waals surface area (Å²) >= 11 is 3.55. The summed E-state index contributed by atoms with van der Waals surface area (Å²) in [7, 11) is 0. The number of hydrogen-bond acceptors (Lipinski definition) is 2. The summed E-state index contributed by atoms with van der Waals surface area (Å²) < 4.78 is 1.07. The van der Waals surface area contributed by atoms with Crippen LogP contribution < -0.4 is 4.90 Å². The number of allylic oxidation sites excluding steroid dienone is 4. The van der Waals surface area contributed by atoms with Crippen LogP contribution in [0.2, 0.25) is 0 Å². The van der Waals surface area contributed by atoms with Crippen LogP contribution in [0.3, 0.4) is 0 Å². The number of benzene rings is 2. The summed E-state index contributed by atoms with van der Waals surface area (Å²) in [5.74, 6) is 0. The maximum Gasteiger partial charge on any atom is 0.0709 e. The van der Waals surface area contributed by atoms with E-state index in [1.165, 1.54) is 16.8 Å². The van der Waals surface area contributed by atoms with Crippen LogP contribution in [0.25, 0.3) is 11.6 Å². The fourth-order valence-corrected chi connectivity index (χ4v) is 3.64. The minimum atomic E-state index is 0. The SMILES string of the molecule is Br.C=CCN1/C(=C\C=C2\C=Nc3ccc(Br)cc32)C=Cc2ccc(C)cc21. The molecule has 2 aromatic rings. The van der Waals surface area contributed by atoms with Gasteiger partial charge in [0.15, 0.2) is 0 Å². The van der Waals surface area contributed by atoms with Crippen LogP contribution >= 0.6 is 32.9 Å². The van der Waals surface area contributed by atoms with Crippen molar-refractivity contribution in [1.82, 2.24) is 0 Å². The van der Waals surface area contributed by atoms with Crippen molar-refractivity contribution in [3.63, 3.8) is 0 Å². The smallest absolute Gasteiger partial charge is 0.0709 e. The molecule has 27 heavy (non-hydrogen) atoms. The van der Waals surface area contributed by atoms with E-state index in [0.29, 0.717) is 0 Å². The highest BCUT2D eigenvalue weighted by Crippen LogP contribution is 2.35. The second-order valence-corrected chi connectivity index (χ2v) is 7.34. The van der Waals surface area contributed by atoms with E-state index in [1.807, 2.05) is 24.4 Å². The Bertz CT molecular complexity index is 1010. The van der Waals surface area contributed by atoms with Crippen LogP contribution in [0, 0.1) is 6.92 Å².